The lowest BCUT2D eigenvalue weighted by molar-refractivity contribution is 0.353. The minimum atomic E-state index is -3.59. The minimum absolute atomic E-state index is 0. The summed E-state index contributed by atoms with van der Waals surface area (Å²) in [6.07, 6.45) is 1.93. The largest absolute Gasteiger partial charge is 0.493 e. The fourth-order valence-corrected chi connectivity index (χ4v) is 4.56. The van der Waals surface area contributed by atoms with Crippen molar-refractivity contribution in [3.63, 3.8) is 0 Å². The summed E-state index contributed by atoms with van der Waals surface area (Å²) in [6.45, 7) is 2.40. The van der Waals surface area contributed by atoms with Crippen LogP contribution in [-0.2, 0) is 10.0 Å². The van der Waals surface area contributed by atoms with E-state index < -0.39 is 10.0 Å². The van der Waals surface area contributed by atoms with Gasteiger partial charge in [0.05, 0.1) is 14.2 Å². The van der Waals surface area contributed by atoms with Crippen molar-refractivity contribution in [2.45, 2.75) is 17.7 Å². The molecule has 0 spiro atoms. The highest BCUT2D eigenvalue weighted by Crippen LogP contribution is 2.35. The molecule has 9 heteroatoms. The standard InChI is InChI=1S/C14H21BrN2O4S.ClH/c1-20-12-7-11(15)14(8-13(12)21-2)22(18,19)17-6-4-10-3-5-16-9-10;/h7-8,10,16-17H,3-6,9H2,1-2H3;1H. The summed E-state index contributed by atoms with van der Waals surface area (Å²) in [6, 6.07) is 3.05. The molecule has 6 nitrogen and oxygen atoms in total. The third-order valence-corrected chi connectivity index (χ3v) is 6.15. The summed E-state index contributed by atoms with van der Waals surface area (Å²) < 4.78 is 38.3. The molecular weight excluding hydrogens is 408 g/mol. The molecule has 1 heterocycles. The smallest absolute Gasteiger partial charge is 0.241 e. The third-order valence-electron chi connectivity index (χ3n) is 3.73. The van der Waals surface area contributed by atoms with Crippen LogP contribution in [-0.4, -0.2) is 42.3 Å². The first-order valence-corrected chi connectivity index (χ1v) is 9.37. The Morgan fingerprint density at radius 3 is 2.52 bits per heavy atom. The quantitative estimate of drug-likeness (QED) is 0.695. The maximum Gasteiger partial charge on any atom is 0.241 e. The van der Waals surface area contributed by atoms with Crippen molar-refractivity contribution in [1.29, 1.82) is 0 Å². The summed E-state index contributed by atoms with van der Waals surface area (Å²) in [5, 5.41) is 3.27. The molecule has 1 saturated heterocycles. The van der Waals surface area contributed by atoms with Gasteiger partial charge in [-0.1, -0.05) is 0 Å². The summed E-state index contributed by atoms with van der Waals surface area (Å²) in [7, 11) is -0.612. The maximum atomic E-state index is 12.4. The Kier molecular flexibility index (Phi) is 8.09. The molecule has 0 amide bonds. The molecule has 0 aliphatic carbocycles. The Hall–Kier alpha value is -0.540. The minimum Gasteiger partial charge on any atom is -0.493 e. The van der Waals surface area contributed by atoms with E-state index in [0.717, 1.165) is 25.9 Å². The van der Waals surface area contributed by atoms with E-state index in [0.29, 0.717) is 28.4 Å². The van der Waals surface area contributed by atoms with Crippen LogP contribution in [0.15, 0.2) is 21.5 Å². The first-order chi connectivity index (χ1) is 10.5. The lowest BCUT2D eigenvalue weighted by Crippen LogP contribution is -2.27. The molecule has 1 aliphatic rings. The number of ether oxygens (including phenoxy) is 2. The van der Waals surface area contributed by atoms with Crippen LogP contribution in [0, 0.1) is 5.92 Å². The van der Waals surface area contributed by atoms with Gasteiger partial charge >= 0.3 is 0 Å². The van der Waals surface area contributed by atoms with Crippen molar-refractivity contribution < 1.29 is 17.9 Å². The zero-order chi connectivity index (χ0) is 16.2. The molecule has 23 heavy (non-hydrogen) atoms. The van der Waals surface area contributed by atoms with Crippen LogP contribution < -0.4 is 19.5 Å². The molecule has 1 aromatic carbocycles. The van der Waals surface area contributed by atoms with E-state index in [9.17, 15) is 8.42 Å². The van der Waals surface area contributed by atoms with Crippen LogP contribution in [0.4, 0.5) is 0 Å². The summed E-state index contributed by atoms with van der Waals surface area (Å²) in [5.41, 5.74) is 0. The Morgan fingerprint density at radius 2 is 1.96 bits per heavy atom. The van der Waals surface area contributed by atoms with Crippen molar-refractivity contribution in [1.82, 2.24) is 10.0 Å². The fourth-order valence-electron chi connectivity index (χ4n) is 2.48. The van der Waals surface area contributed by atoms with E-state index in [1.54, 1.807) is 6.07 Å². The number of benzene rings is 1. The molecule has 1 fully saturated rings. The Morgan fingerprint density at radius 1 is 1.30 bits per heavy atom. The van der Waals surface area contributed by atoms with E-state index in [2.05, 4.69) is 26.0 Å². The van der Waals surface area contributed by atoms with E-state index in [4.69, 9.17) is 9.47 Å². The monoisotopic (exact) mass is 428 g/mol. The van der Waals surface area contributed by atoms with Gasteiger partial charge in [-0.25, -0.2) is 13.1 Å². The molecule has 0 radical (unpaired) electrons. The molecule has 1 aromatic rings. The van der Waals surface area contributed by atoms with Gasteiger partial charge in [0.1, 0.15) is 4.90 Å². The topological polar surface area (TPSA) is 76.7 Å². The molecule has 1 atom stereocenters. The van der Waals surface area contributed by atoms with Gasteiger partial charge in [0, 0.05) is 17.1 Å². The van der Waals surface area contributed by atoms with Crippen molar-refractivity contribution in [2.75, 3.05) is 33.9 Å². The molecule has 2 rings (SSSR count). The van der Waals surface area contributed by atoms with E-state index in [1.807, 2.05) is 0 Å². The number of nitrogens with one attached hydrogen (secondary N) is 2. The van der Waals surface area contributed by atoms with Gasteiger partial charge in [0.15, 0.2) is 11.5 Å². The Bertz CT molecular complexity index is 621. The van der Waals surface area contributed by atoms with Crippen molar-refractivity contribution in [2.24, 2.45) is 5.92 Å². The van der Waals surface area contributed by atoms with Crippen LogP contribution in [0.2, 0.25) is 0 Å². The third kappa shape index (κ3) is 5.22. The van der Waals surface area contributed by atoms with E-state index in [-0.39, 0.29) is 17.3 Å². The lowest BCUT2D eigenvalue weighted by Gasteiger charge is -2.14. The molecule has 132 valence electrons. The highest BCUT2D eigenvalue weighted by molar-refractivity contribution is 9.10. The van der Waals surface area contributed by atoms with Crippen molar-refractivity contribution >= 4 is 38.4 Å². The van der Waals surface area contributed by atoms with E-state index in [1.165, 1.54) is 20.3 Å². The molecule has 0 aromatic heterocycles. The summed E-state index contributed by atoms with van der Waals surface area (Å²) in [5.74, 6) is 1.40. The predicted molar refractivity (Wildman–Crippen MR) is 95.3 cm³/mol. The number of rotatable bonds is 7. The SMILES string of the molecule is COc1cc(Br)c(S(=O)(=O)NCCC2CCNC2)cc1OC.Cl. The number of sulfonamides is 1. The average molecular weight is 430 g/mol. The van der Waals surface area contributed by atoms with Crippen LogP contribution >= 0.6 is 28.3 Å². The van der Waals surface area contributed by atoms with Crippen LogP contribution in [0.5, 0.6) is 11.5 Å². The second kappa shape index (κ2) is 9.08. The number of methoxy groups -OCH3 is 2. The first-order valence-electron chi connectivity index (χ1n) is 7.10. The van der Waals surface area contributed by atoms with Gasteiger partial charge in [-0.3, -0.25) is 0 Å². The molecule has 2 N–H and O–H groups in total. The van der Waals surface area contributed by atoms with Crippen LogP contribution in [0.3, 0.4) is 0 Å². The van der Waals surface area contributed by atoms with Crippen molar-refractivity contribution in [3.8, 4) is 11.5 Å². The molecule has 1 aliphatic heterocycles. The molecular formula is C14H22BrClN2O4S. The normalized spacial score (nSPS) is 17.6. The molecule has 0 bridgehead atoms. The predicted octanol–water partition coefficient (Wildman–Crippen LogP) is 2.17. The van der Waals surface area contributed by atoms with Gasteiger partial charge in [-0.2, -0.15) is 0 Å². The average Bonchev–Trinajstić information content (AvgIpc) is 2.99. The van der Waals surface area contributed by atoms with Gasteiger partial charge < -0.3 is 14.8 Å². The van der Waals surface area contributed by atoms with Gasteiger partial charge in [-0.15, -0.1) is 12.4 Å². The zero-order valence-electron chi connectivity index (χ0n) is 13.1. The fraction of sp³-hybridized carbons (Fsp3) is 0.571. The Labute approximate surface area is 151 Å². The maximum absolute atomic E-state index is 12.4. The highest BCUT2D eigenvalue weighted by atomic mass is 79.9. The second-order valence-electron chi connectivity index (χ2n) is 5.18. The summed E-state index contributed by atoms with van der Waals surface area (Å²) >= 11 is 3.28. The van der Waals surface area contributed by atoms with Gasteiger partial charge in [0.25, 0.3) is 0 Å². The highest BCUT2D eigenvalue weighted by Gasteiger charge is 2.22. The zero-order valence-corrected chi connectivity index (χ0v) is 16.3. The van der Waals surface area contributed by atoms with Crippen LogP contribution in [0.25, 0.3) is 0 Å². The first kappa shape index (κ1) is 20.5. The number of halogens is 2. The molecule has 1 unspecified atom stereocenters. The van der Waals surface area contributed by atoms with Crippen molar-refractivity contribution in [3.05, 3.63) is 16.6 Å². The molecule has 0 saturated carbocycles. The Balaban J connectivity index is 0.00000264. The van der Waals surface area contributed by atoms with E-state index >= 15 is 0 Å². The van der Waals surface area contributed by atoms with Crippen LogP contribution in [0.1, 0.15) is 12.8 Å². The summed E-state index contributed by atoms with van der Waals surface area (Å²) in [4.78, 5) is 0.148. The van der Waals surface area contributed by atoms with Gasteiger partial charge in [0.2, 0.25) is 10.0 Å². The lowest BCUT2D eigenvalue weighted by atomic mass is 10.1. The number of hydrogen-bond acceptors (Lipinski definition) is 5. The van der Waals surface area contributed by atoms with Gasteiger partial charge in [-0.05, 0) is 53.8 Å². The second-order valence-corrected chi connectivity index (χ2v) is 7.77. The number of hydrogen-bond donors (Lipinski definition) is 2.